The summed E-state index contributed by atoms with van der Waals surface area (Å²) >= 11 is 0. The van der Waals surface area contributed by atoms with E-state index in [-0.39, 0.29) is 56.0 Å². The van der Waals surface area contributed by atoms with Crippen LogP contribution in [0.4, 0.5) is 25.1 Å². The van der Waals surface area contributed by atoms with Crippen LogP contribution in [0, 0.1) is 30.6 Å². The van der Waals surface area contributed by atoms with Crippen LogP contribution in [0.5, 0.6) is 11.5 Å². The average Bonchev–Trinajstić information content (AvgIpc) is 4.27. The minimum Gasteiger partial charge on any atom is -0.485 e. The van der Waals surface area contributed by atoms with E-state index in [1.807, 2.05) is 117 Å². The van der Waals surface area contributed by atoms with Crippen molar-refractivity contribution in [2.75, 3.05) is 42.6 Å². The summed E-state index contributed by atoms with van der Waals surface area (Å²) in [5.74, 6) is 1.07. The number of rotatable bonds is 17. The van der Waals surface area contributed by atoms with Gasteiger partial charge in [0.05, 0.1) is 18.4 Å². The van der Waals surface area contributed by atoms with Crippen molar-refractivity contribution in [3.05, 3.63) is 168 Å². The van der Waals surface area contributed by atoms with Gasteiger partial charge in [-0.25, -0.2) is 19.9 Å². The molecule has 2 fully saturated rings. The van der Waals surface area contributed by atoms with Crippen molar-refractivity contribution in [1.82, 2.24) is 40.2 Å². The summed E-state index contributed by atoms with van der Waals surface area (Å²) in [6.45, 7) is 5.92. The maximum atomic E-state index is 13.1. The van der Waals surface area contributed by atoms with Gasteiger partial charge < -0.3 is 38.2 Å². The summed E-state index contributed by atoms with van der Waals surface area (Å²) in [4.78, 5) is 53.4. The van der Waals surface area contributed by atoms with E-state index in [0.717, 1.165) is 46.6 Å². The van der Waals surface area contributed by atoms with E-state index in [1.165, 1.54) is 4.90 Å². The van der Waals surface area contributed by atoms with E-state index in [2.05, 4.69) is 45.1 Å². The second-order valence-corrected chi connectivity index (χ2v) is 17.9. The molecule has 21 heteroatoms. The number of carbonyl (C=O) groups excluding carboxylic acids is 1. The molecule has 0 spiro atoms. The molecule has 75 heavy (non-hydrogen) atoms. The summed E-state index contributed by atoms with van der Waals surface area (Å²) in [6.07, 6.45) is -0.680. The number of anilines is 2. The van der Waals surface area contributed by atoms with Gasteiger partial charge in [0.2, 0.25) is 23.5 Å². The quantitative estimate of drug-likeness (QED) is 0.0843. The second-order valence-electron chi connectivity index (χ2n) is 17.9. The first-order valence-electron chi connectivity index (χ1n) is 24.1. The number of hydrogen-bond acceptors (Lipinski definition) is 17. The molecule has 0 radical (unpaired) electrons. The van der Waals surface area contributed by atoms with Crippen molar-refractivity contribution in [2.45, 2.75) is 46.1 Å². The maximum Gasteiger partial charge on any atom is 0.433 e. The highest BCUT2D eigenvalue weighted by Gasteiger charge is 2.41. The number of carboxylic acid groups (broad SMARTS) is 1. The molecule has 4 atom stereocenters. The van der Waals surface area contributed by atoms with Crippen molar-refractivity contribution in [3.8, 4) is 34.4 Å². The lowest BCUT2D eigenvalue weighted by Gasteiger charge is -2.17. The van der Waals surface area contributed by atoms with Gasteiger partial charge in [0.25, 0.3) is 11.8 Å². The molecule has 4 aromatic heterocycles. The molecule has 8 aromatic rings. The van der Waals surface area contributed by atoms with Gasteiger partial charge >= 0.3 is 18.1 Å². The van der Waals surface area contributed by atoms with E-state index < -0.39 is 23.8 Å². The predicted octanol–water partition coefficient (Wildman–Crippen LogP) is 8.78. The van der Waals surface area contributed by atoms with E-state index in [1.54, 1.807) is 18.3 Å². The van der Waals surface area contributed by atoms with Crippen molar-refractivity contribution >= 4 is 23.8 Å². The summed E-state index contributed by atoms with van der Waals surface area (Å²) in [5, 5.41) is 17.6. The molecule has 2 saturated heterocycles. The lowest BCUT2D eigenvalue weighted by molar-refractivity contribution is -0.148. The highest BCUT2D eigenvalue weighted by molar-refractivity contribution is 5.75. The Morgan fingerprint density at radius 1 is 0.627 bits per heavy atom. The zero-order valence-electron chi connectivity index (χ0n) is 40.8. The van der Waals surface area contributed by atoms with Crippen LogP contribution in [0.1, 0.15) is 41.1 Å². The third-order valence-electron chi connectivity index (χ3n) is 12.6. The smallest absolute Gasteiger partial charge is 0.433 e. The van der Waals surface area contributed by atoms with Crippen molar-refractivity contribution in [3.63, 3.8) is 0 Å². The summed E-state index contributed by atoms with van der Waals surface area (Å²) < 4.78 is 66.7. The molecule has 0 aliphatic carbocycles. The number of esters is 1. The Kier molecular flexibility index (Phi) is 16.0. The van der Waals surface area contributed by atoms with E-state index in [9.17, 15) is 27.9 Å². The normalized spacial score (nSPS) is 17.3. The molecule has 0 unspecified atom stereocenters. The molecule has 2 aliphatic heterocycles. The van der Waals surface area contributed by atoms with Crippen LogP contribution in [-0.2, 0) is 46.6 Å². The lowest BCUT2D eigenvalue weighted by Crippen LogP contribution is -2.27. The van der Waals surface area contributed by atoms with Gasteiger partial charge in [-0.05, 0) is 110 Å². The first-order valence-corrected chi connectivity index (χ1v) is 24.1. The lowest BCUT2D eigenvalue weighted by atomic mass is 9.90. The SMILES string of the molecule is CCOC(=O)[C@H]1CN(c2nccc(C)n2)C[C@H]1Cc1ccc(OCc2noc(-c3ccccc3)n2)cc1.O=C(O)[C@H]1CN(c2nccc(C(F)(F)F)n2)C[C@H]1Cc1ccc(OCc2noc(-c3ccccc3)n2)cc1. The van der Waals surface area contributed by atoms with Crippen molar-refractivity contribution in [2.24, 2.45) is 23.7 Å². The van der Waals surface area contributed by atoms with Crippen LogP contribution in [0.3, 0.4) is 0 Å². The fourth-order valence-electron chi connectivity index (χ4n) is 8.89. The van der Waals surface area contributed by atoms with Crippen LogP contribution in [-0.4, -0.2) is 90.0 Å². The second kappa shape index (κ2) is 23.4. The number of aromatic nitrogens is 8. The zero-order valence-corrected chi connectivity index (χ0v) is 40.8. The summed E-state index contributed by atoms with van der Waals surface area (Å²) in [5.41, 5.74) is 3.49. The Labute approximate surface area is 428 Å². The average molecular weight is 1030 g/mol. The number of halogens is 3. The van der Waals surface area contributed by atoms with Crippen LogP contribution in [0.2, 0.25) is 0 Å². The number of benzene rings is 4. The number of nitrogens with zero attached hydrogens (tertiary/aromatic N) is 10. The molecular formula is C54H51F3N10O8. The molecule has 386 valence electrons. The highest BCUT2D eigenvalue weighted by Crippen LogP contribution is 2.34. The van der Waals surface area contributed by atoms with Gasteiger partial charge in [0, 0.05) is 55.4 Å². The Morgan fingerprint density at radius 2 is 1.11 bits per heavy atom. The Balaban J connectivity index is 0.000000184. The number of aryl methyl sites for hydroxylation is 1. The fourth-order valence-corrected chi connectivity index (χ4v) is 8.89. The van der Waals surface area contributed by atoms with E-state index in [0.29, 0.717) is 67.0 Å². The Bertz CT molecular complexity index is 3150. The number of carbonyl (C=O) groups is 2. The molecule has 0 saturated carbocycles. The molecule has 6 heterocycles. The number of ether oxygens (including phenoxy) is 3. The van der Waals surface area contributed by atoms with Crippen LogP contribution in [0.25, 0.3) is 22.9 Å². The topological polar surface area (TPSA) is 218 Å². The molecule has 4 aromatic carbocycles. The van der Waals surface area contributed by atoms with Crippen LogP contribution in [0.15, 0.2) is 143 Å². The minimum atomic E-state index is -4.61. The van der Waals surface area contributed by atoms with Gasteiger partial charge in [0.15, 0.2) is 13.2 Å². The number of hydrogen-bond donors (Lipinski definition) is 1. The molecule has 0 amide bonds. The minimum absolute atomic E-state index is 0.0260. The molecule has 10 rings (SSSR count). The molecule has 2 aliphatic rings. The monoisotopic (exact) mass is 1020 g/mol. The van der Waals surface area contributed by atoms with Crippen LogP contribution >= 0.6 is 0 Å². The molecule has 0 bridgehead atoms. The summed E-state index contributed by atoms with van der Waals surface area (Å²) in [7, 11) is 0. The number of aliphatic carboxylic acids is 1. The molecular weight excluding hydrogens is 974 g/mol. The Hall–Kier alpha value is -8.75. The third-order valence-corrected chi connectivity index (χ3v) is 12.6. The van der Waals surface area contributed by atoms with Crippen LogP contribution < -0.4 is 19.3 Å². The third kappa shape index (κ3) is 13.3. The predicted molar refractivity (Wildman–Crippen MR) is 265 cm³/mol. The standard InChI is InChI=1S/C28H29N5O4.C26H22F3N5O4/c1-3-35-27(34)24-17-33(28-29-14-13-19(2)30-28)16-22(24)15-20-9-11-23(12-10-20)36-18-25-31-26(37-32-25)21-7-5-4-6-8-21;27-26(28,29)21-10-11-30-25(31-21)34-13-18(20(14-34)24(35)36)12-16-6-8-19(9-7-16)37-15-22-32-23(38-33-22)17-4-2-1-3-5-17/h4-14,22,24H,3,15-18H2,1-2H3;1-11,18,20H,12-15H2,(H,35,36)/t22-,24+;18-,20+/m11/s1. The fraction of sp³-hybridized carbons (Fsp3) is 0.296. The number of carboxylic acids is 1. The van der Waals surface area contributed by atoms with Crippen molar-refractivity contribution < 1.29 is 51.1 Å². The van der Waals surface area contributed by atoms with Gasteiger partial charge in [-0.15, -0.1) is 0 Å². The molecule has 18 nitrogen and oxygen atoms in total. The first kappa shape index (κ1) is 51.2. The largest absolute Gasteiger partial charge is 0.485 e. The highest BCUT2D eigenvalue weighted by atomic mass is 19.4. The van der Waals surface area contributed by atoms with Gasteiger partial charge in [-0.3, -0.25) is 9.59 Å². The van der Waals surface area contributed by atoms with Crippen molar-refractivity contribution in [1.29, 1.82) is 0 Å². The van der Waals surface area contributed by atoms with E-state index in [4.69, 9.17) is 23.3 Å². The zero-order chi connectivity index (χ0) is 52.3. The van der Waals surface area contributed by atoms with Gasteiger partial charge in [0.1, 0.15) is 17.2 Å². The molecule has 1 N–H and O–H groups in total. The Morgan fingerprint density at radius 3 is 1.59 bits per heavy atom. The maximum absolute atomic E-state index is 13.1. The number of alkyl halides is 3. The van der Waals surface area contributed by atoms with Gasteiger partial charge in [-0.1, -0.05) is 71.0 Å². The van der Waals surface area contributed by atoms with Gasteiger partial charge in [-0.2, -0.15) is 23.1 Å². The summed E-state index contributed by atoms with van der Waals surface area (Å²) in [6, 6.07) is 36.7. The van der Waals surface area contributed by atoms with E-state index >= 15 is 0 Å². The first-order chi connectivity index (χ1) is 36.3.